The van der Waals surface area contributed by atoms with E-state index < -0.39 is 5.97 Å². The first kappa shape index (κ1) is 23.3. The summed E-state index contributed by atoms with van der Waals surface area (Å²) in [5.74, 6) is 1.31. The van der Waals surface area contributed by atoms with Crippen LogP contribution >= 0.6 is 11.6 Å². The number of halogens is 1. The summed E-state index contributed by atoms with van der Waals surface area (Å²) in [4.78, 5) is 13.7. The highest BCUT2D eigenvalue weighted by Crippen LogP contribution is 2.33. The van der Waals surface area contributed by atoms with E-state index in [2.05, 4.69) is 12.0 Å². The average Bonchev–Trinajstić information content (AvgIpc) is 3.03. The number of nitrogens with zero attached hydrogens (tertiary/aromatic N) is 3. The SMILES string of the molecule is CC(=O)O.CCCO[C@H]1C[C@@H](c2nc(C)nn2Cc2ccccc2Cl)CC[C@@H]1N. The Balaban J connectivity index is 0.000000687. The summed E-state index contributed by atoms with van der Waals surface area (Å²) in [6.07, 6.45) is 3.99. The highest BCUT2D eigenvalue weighted by Gasteiger charge is 2.32. The number of ether oxygens (including phenoxy) is 1. The first-order valence-electron chi connectivity index (χ1n) is 10.0. The van der Waals surface area contributed by atoms with Gasteiger partial charge >= 0.3 is 0 Å². The van der Waals surface area contributed by atoms with Crippen molar-refractivity contribution in [3.8, 4) is 0 Å². The highest BCUT2D eigenvalue weighted by atomic mass is 35.5. The molecule has 1 heterocycles. The minimum atomic E-state index is -0.833. The van der Waals surface area contributed by atoms with Crippen molar-refractivity contribution in [1.29, 1.82) is 0 Å². The zero-order valence-electron chi connectivity index (χ0n) is 17.3. The minimum absolute atomic E-state index is 0.101. The standard InChI is InChI=1S/C19H27ClN4O.C2H4O2/c1-3-10-25-18-11-14(8-9-17(18)21)19-22-13(2)23-24(19)12-15-6-4-5-7-16(15)20;1-2(3)4/h4-7,14,17-18H,3,8-12,21H2,1-2H3;1H3,(H,3,4)/t14-,17-,18-;/m0./s1. The molecule has 0 saturated heterocycles. The maximum absolute atomic E-state index is 9.00. The molecule has 29 heavy (non-hydrogen) atoms. The van der Waals surface area contributed by atoms with Gasteiger partial charge in [0.25, 0.3) is 5.97 Å². The van der Waals surface area contributed by atoms with Gasteiger partial charge in [-0.15, -0.1) is 0 Å². The van der Waals surface area contributed by atoms with E-state index in [-0.39, 0.29) is 12.1 Å². The molecule has 1 aliphatic rings. The third kappa shape index (κ3) is 7.10. The van der Waals surface area contributed by atoms with E-state index in [9.17, 15) is 0 Å². The maximum atomic E-state index is 9.00. The van der Waals surface area contributed by atoms with Gasteiger partial charge in [0, 0.05) is 30.5 Å². The van der Waals surface area contributed by atoms with Gasteiger partial charge in [-0.25, -0.2) is 9.67 Å². The normalized spacial score (nSPS) is 21.3. The number of hydrogen-bond acceptors (Lipinski definition) is 5. The number of nitrogens with two attached hydrogens (primary N) is 1. The summed E-state index contributed by atoms with van der Waals surface area (Å²) in [6, 6.07) is 8.00. The van der Waals surface area contributed by atoms with Crippen LogP contribution < -0.4 is 5.73 Å². The number of hydrogen-bond donors (Lipinski definition) is 2. The Hall–Kier alpha value is -1.96. The van der Waals surface area contributed by atoms with Crippen LogP contribution in [0.15, 0.2) is 24.3 Å². The van der Waals surface area contributed by atoms with Crippen LogP contribution in [0, 0.1) is 6.92 Å². The predicted molar refractivity (Wildman–Crippen MR) is 113 cm³/mol. The zero-order valence-corrected chi connectivity index (χ0v) is 18.1. The molecule has 0 spiro atoms. The second-order valence-electron chi connectivity index (χ2n) is 7.37. The van der Waals surface area contributed by atoms with Crippen molar-refractivity contribution in [2.45, 2.75) is 71.1 Å². The third-order valence-corrected chi connectivity index (χ3v) is 5.20. The molecule has 0 unspecified atom stereocenters. The lowest BCUT2D eigenvalue weighted by Gasteiger charge is -2.33. The van der Waals surface area contributed by atoms with Crippen molar-refractivity contribution in [3.05, 3.63) is 46.5 Å². The molecule has 1 aromatic heterocycles. The fourth-order valence-electron chi connectivity index (χ4n) is 3.53. The molecule has 8 heteroatoms. The van der Waals surface area contributed by atoms with E-state index in [1.807, 2.05) is 35.9 Å². The second kappa shape index (κ2) is 11.3. The zero-order chi connectivity index (χ0) is 21.4. The van der Waals surface area contributed by atoms with Crippen LogP contribution in [-0.4, -0.2) is 44.6 Å². The van der Waals surface area contributed by atoms with Crippen molar-refractivity contribution in [2.75, 3.05) is 6.61 Å². The average molecular weight is 423 g/mol. The number of aliphatic carboxylic acids is 1. The molecule has 1 fully saturated rings. The number of aromatic nitrogens is 3. The minimum Gasteiger partial charge on any atom is -0.481 e. The number of benzene rings is 1. The molecule has 2 aromatic rings. The van der Waals surface area contributed by atoms with E-state index in [4.69, 9.17) is 37.0 Å². The summed E-state index contributed by atoms with van der Waals surface area (Å²) >= 11 is 6.32. The van der Waals surface area contributed by atoms with Crippen LogP contribution in [0.25, 0.3) is 0 Å². The summed E-state index contributed by atoms with van der Waals surface area (Å²) in [6.45, 7) is 6.54. The Bertz CT molecular complexity index is 792. The van der Waals surface area contributed by atoms with E-state index >= 15 is 0 Å². The lowest BCUT2D eigenvalue weighted by Crippen LogP contribution is -2.42. The molecule has 160 valence electrons. The summed E-state index contributed by atoms with van der Waals surface area (Å²) in [5, 5.41) is 12.8. The Morgan fingerprint density at radius 1 is 1.38 bits per heavy atom. The van der Waals surface area contributed by atoms with E-state index in [0.29, 0.717) is 12.5 Å². The van der Waals surface area contributed by atoms with Gasteiger partial charge in [0.1, 0.15) is 11.6 Å². The van der Waals surface area contributed by atoms with Crippen LogP contribution in [0.2, 0.25) is 5.02 Å². The second-order valence-corrected chi connectivity index (χ2v) is 7.78. The summed E-state index contributed by atoms with van der Waals surface area (Å²) in [7, 11) is 0. The maximum Gasteiger partial charge on any atom is 0.300 e. The first-order valence-corrected chi connectivity index (χ1v) is 10.4. The topological polar surface area (TPSA) is 103 Å². The summed E-state index contributed by atoms with van der Waals surface area (Å²) in [5.41, 5.74) is 7.32. The highest BCUT2D eigenvalue weighted by molar-refractivity contribution is 6.31. The van der Waals surface area contributed by atoms with Crippen LogP contribution in [0.5, 0.6) is 0 Å². The fourth-order valence-corrected chi connectivity index (χ4v) is 3.72. The Kier molecular flexibility index (Phi) is 9.07. The van der Waals surface area contributed by atoms with Gasteiger partial charge in [-0.3, -0.25) is 4.79 Å². The predicted octanol–water partition coefficient (Wildman–Crippen LogP) is 3.77. The van der Waals surface area contributed by atoms with Crippen molar-refractivity contribution < 1.29 is 14.6 Å². The molecule has 1 aliphatic carbocycles. The molecular formula is C21H31ClN4O3. The molecule has 1 aromatic carbocycles. The smallest absolute Gasteiger partial charge is 0.300 e. The molecule has 3 N–H and O–H groups in total. The monoisotopic (exact) mass is 422 g/mol. The van der Waals surface area contributed by atoms with Crippen LogP contribution in [0.3, 0.4) is 0 Å². The van der Waals surface area contributed by atoms with Gasteiger partial charge < -0.3 is 15.6 Å². The quantitative estimate of drug-likeness (QED) is 0.734. The number of aryl methyl sites for hydroxylation is 1. The Morgan fingerprint density at radius 3 is 2.72 bits per heavy atom. The molecular weight excluding hydrogens is 392 g/mol. The molecule has 7 nitrogen and oxygen atoms in total. The van der Waals surface area contributed by atoms with Crippen LogP contribution in [-0.2, 0) is 16.1 Å². The summed E-state index contributed by atoms with van der Waals surface area (Å²) < 4.78 is 7.97. The molecule has 0 bridgehead atoms. The fraction of sp³-hybridized carbons (Fsp3) is 0.571. The molecule has 0 radical (unpaired) electrons. The first-order chi connectivity index (χ1) is 13.8. The van der Waals surface area contributed by atoms with Gasteiger partial charge in [0.05, 0.1) is 12.6 Å². The largest absolute Gasteiger partial charge is 0.481 e. The molecule has 3 atom stereocenters. The Morgan fingerprint density at radius 2 is 2.07 bits per heavy atom. The number of carbonyl (C=O) groups is 1. The van der Waals surface area contributed by atoms with Gasteiger partial charge in [-0.1, -0.05) is 36.7 Å². The lowest BCUT2D eigenvalue weighted by molar-refractivity contribution is -0.134. The van der Waals surface area contributed by atoms with E-state index in [1.54, 1.807) is 0 Å². The van der Waals surface area contributed by atoms with Gasteiger partial charge in [0.15, 0.2) is 0 Å². The van der Waals surface area contributed by atoms with Crippen molar-refractivity contribution >= 4 is 17.6 Å². The molecule has 0 amide bonds. The van der Waals surface area contributed by atoms with Crippen LogP contribution in [0.4, 0.5) is 0 Å². The van der Waals surface area contributed by atoms with Gasteiger partial charge in [-0.05, 0) is 44.2 Å². The number of carboxylic acids is 1. The Labute approximate surface area is 177 Å². The van der Waals surface area contributed by atoms with Crippen molar-refractivity contribution in [2.24, 2.45) is 5.73 Å². The van der Waals surface area contributed by atoms with E-state index in [1.165, 1.54) is 0 Å². The molecule has 3 rings (SSSR count). The van der Waals surface area contributed by atoms with E-state index in [0.717, 1.165) is 61.4 Å². The third-order valence-electron chi connectivity index (χ3n) is 4.83. The molecule has 1 saturated carbocycles. The number of rotatable bonds is 6. The van der Waals surface area contributed by atoms with Gasteiger partial charge in [-0.2, -0.15) is 5.10 Å². The number of carboxylic acid groups (broad SMARTS) is 1. The molecule has 0 aliphatic heterocycles. The van der Waals surface area contributed by atoms with Gasteiger partial charge in [0.2, 0.25) is 0 Å². The lowest BCUT2D eigenvalue weighted by atomic mass is 9.83. The van der Waals surface area contributed by atoms with Crippen molar-refractivity contribution in [3.63, 3.8) is 0 Å². The van der Waals surface area contributed by atoms with Crippen molar-refractivity contribution in [1.82, 2.24) is 14.8 Å². The van der Waals surface area contributed by atoms with Crippen LogP contribution in [0.1, 0.15) is 62.7 Å².